The molecule has 138 valence electrons. The zero-order valence-electron chi connectivity index (χ0n) is 15.4. The molecule has 0 spiro atoms. The number of aromatic nitrogens is 4. The number of rotatable bonds is 3. The lowest BCUT2D eigenvalue weighted by Crippen LogP contribution is -1.98. The van der Waals surface area contributed by atoms with E-state index in [0.717, 1.165) is 33.2 Å². The van der Waals surface area contributed by atoms with Gasteiger partial charge in [0.2, 0.25) is 0 Å². The molecule has 0 bridgehead atoms. The molecule has 0 N–H and O–H groups in total. The van der Waals surface area contributed by atoms with Crippen LogP contribution in [0.5, 0.6) is 0 Å². The summed E-state index contributed by atoms with van der Waals surface area (Å²) in [6.45, 7) is 4.21. The third-order valence-corrected chi connectivity index (χ3v) is 5.79. The van der Waals surface area contributed by atoms with Crippen molar-refractivity contribution in [2.45, 2.75) is 13.8 Å². The van der Waals surface area contributed by atoms with Crippen LogP contribution in [0.15, 0.2) is 66.2 Å². The Morgan fingerprint density at radius 3 is 2.43 bits per heavy atom. The first-order valence-electron chi connectivity index (χ1n) is 8.96. The third kappa shape index (κ3) is 2.65. The summed E-state index contributed by atoms with van der Waals surface area (Å²) >= 11 is 1.69. The first-order chi connectivity index (χ1) is 13.6. The van der Waals surface area contributed by atoms with Gasteiger partial charge in [-0.25, -0.2) is 13.9 Å². The van der Waals surface area contributed by atoms with E-state index < -0.39 is 0 Å². The maximum Gasteiger partial charge on any atom is 0.156 e. The number of nitrogens with zero attached hydrogens (tertiary/aromatic N) is 4. The van der Waals surface area contributed by atoms with E-state index in [1.54, 1.807) is 29.7 Å². The first kappa shape index (κ1) is 16.9. The Kier molecular flexibility index (Phi) is 3.87. The number of halogens is 1. The maximum atomic E-state index is 13.3. The van der Waals surface area contributed by atoms with Crippen LogP contribution in [0.2, 0.25) is 0 Å². The molecule has 28 heavy (non-hydrogen) atoms. The Balaban J connectivity index is 1.68. The Hall–Kier alpha value is -3.25. The van der Waals surface area contributed by atoms with Crippen molar-refractivity contribution in [1.82, 2.24) is 19.2 Å². The lowest BCUT2D eigenvalue weighted by Gasteiger charge is -2.09. The Morgan fingerprint density at radius 1 is 0.929 bits per heavy atom. The van der Waals surface area contributed by atoms with E-state index in [2.05, 4.69) is 47.0 Å². The van der Waals surface area contributed by atoms with Crippen LogP contribution in [0.25, 0.3) is 33.2 Å². The smallest absolute Gasteiger partial charge is 0.156 e. The van der Waals surface area contributed by atoms with Gasteiger partial charge < -0.3 is 4.57 Å². The van der Waals surface area contributed by atoms with Crippen LogP contribution in [-0.2, 0) is 0 Å². The minimum atomic E-state index is -0.254. The topological polar surface area (TPSA) is 35.1 Å². The van der Waals surface area contributed by atoms with Gasteiger partial charge in [-0.3, -0.25) is 0 Å². The quantitative estimate of drug-likeness (QED) is 0.399. The molecule has 0 aliphatic rings. The fourth-order valence-corrected chi connectivity index (χ4v) is 4.55. The van der Waals surface area contributed by atoms with Crippen LogP contribution in [0.3, 0.4) is 0 Å². The molecule has 0 radical (unpaired) electrons. The zero-order valence-corrected chi connectivity index (χ0v) is 16.2. The molecular formula is C22H17FN4S. The van der Waals surface area contributed by atoms with E-state index in [-0.39, 0.29) is 5.82 Å². The number of hydrogen-bond acceptors (Lipinski definition) is 3. The van der Waals surface area contributed by atoms with E-state index in [9.17, 15) is 4.39 Å². The molecule has 4 aromatic heterocycles. The van der Waals surface area contributed by atoms with Crippen LogP contribution in [0, 0.1) is 19.7 Å². The van der Waals surface area contributed by atoms with E-state index in [1.807, 2.05) is 16.6 Å². The number of fused-ring (bicyclic) bond motifs is 1. The van der Waals surface area contributed by atoms with Crippen molar-refractivity contribution in [3.05, 3.63) is 83.4 Å². The van der Waals surface area contributed by atoms with Gasteiger partial charge in [-0.2, -0.15) is 5.10 Å². The first-order valence-corrected chi connectivity index (χ1v) is 9.84. The average Bonchev–Trinajstić information content (AvgIpc) is 3.40. The van der Waals surface area contributed by atoms with Crippen molar-refractivity contribution < 1.29 is 4.39 Å². The molecule has 0 aliphatic carbocycles. The van der Waals surface area contributed by atoms with Crippen molar-refractivity contribution in [3.8, 4) is 27.5 Å². The van der Waals surface area contributed by atoms with Crippen molar-refractivity contribution in [1.29, 1.82) is 0 Å². The molecule has 5 aromatic rings. The van der Waals surface area contributed by atoms with Crippen molar-refractivity contribution in [3.63, 3.8) is 0 Å². The predicted octanol–water partition coefficient (Wildman–Crippen LogP) is 5.67. The summed E-state index contributed by atoms with van der Waals surface area (Å²) in [5.41, 5.74) is 6.85. The van der Waals surface area contributed by atoms with Crippen LogP contribution < -0.4 is 0 Å². The van der Waals surface area contributed by atoms with Gasteiger partial charge in [-0.05, 0) is 67.8 Å². The predicted molar refractivity (Wildman–Crippen MR) is 110 cm³/mol. The second-order valence-corrected chi connectivity index (χ2v) is 7.62. The fourth-order valence-electron chi connectivity index (χ4n) is 3.52. The fraction of sp³-hybridized carbons (Fsp3) is 0.0909. The van der Waals surface area contributed by atoms with E-state index in [4.69, 9.17) is 5.10 Å². The summed E-state index contributed by atoms with van der Waals surface area (Å²) in [5.74, 6) is -0.254. The molecule has 0 aliphatic heterocycles. The second kappa shape index (κ2) is 6.42. The normalized spacial score (nSPS) is 11.4. The van der Waals surface area contributed by atoms with Gasteiger partial charge in [-0.15, -0.1) is 11.3 Å². The van der Waals surface area contributed by atoms with Gasteiger partial charge in [0.1, 0.15) is 10.8 Å². The Labute approximate surface area is 165 Å². The zero-order chi connectivity index (χ0) is 19.3. The Morgan fingerprint density at radius 2 is 1.68 bits per heavy atom. The summed E-state index contributed by atoms with van der Waals surface area (Å²) in [6, 6.07) is 16.7. The minimum Gasteiger partial charge on any atom is -0.310 e. The lowest BCUT2D eigenvalue weighted by molar-refractivity contribution is 0.628. The highest BCUT2D eigenvalue weighted by Gasteiger charge is 2.16. The van der Waals surface area contributed by atoms with Gasteiger partial charge in [0, 0.05) is 34.8 Å². The van der Waals surface area contributed by atoms with Crippen molar-refractivity contribution >= 4 is 17.0 Å². The largest absolute Gasteiger partial charge is 0.310 e. The highest BCUT2D eigenvalue weighted by Crippen LogP contribution is 2.34. The molecule has 0 atom stereocenters. The summed E-state index contributed by atoms with van der Waals surface area (Å²) in [5, 5.41) is 8.07. The Bertz CT molecular complexity index is 1270. The third-order valence-electron chi connectivity index (χ3n) is 4.89. The standard InChI is InChI=1S/C22H17FN4S/c1-14-3-4-15(2)26(14)22-18(10-12-28-22)19-13-21-24-11-9-20(27(21)25-19)16-5-7-17(23)8-6-16/h3-13H,1-2H3. The maximum absolute atomic E-state index is 13.3. The van der Waals surface area contributed by atoms with Crippen LogP contribution in [0.4, 0.5) is 4.39 Å². The van der Waals surface area contributed by atoms with Gasteiger partial charge in [0.25, 0.3) is 0 Å². The van der Waals surface area contributed by atoms with Gasteiger partial charge in [-0.1, -0.05) is 0 Å². The molecule has 0 amide bonds. The van der Waals surface area contributed by atoms with Crippen LogP contribution >= 0.6 is 11.3 Å². The monoisotopic (exact) mass is 388 g/mol. The van der Waals surface area contributed by atoms with Crippen LogP contribution in [-0.4, -0.2) is 19.2 Å². The highest BCUT2D eigenvalue weighted by molar-refractivity contribution is 7.13. The van der Waals surface area contributed by atoms with Gasteiger partial charge in [0.05, 0.1) is 11.4 Å². The second-order valence-electron chi connectivity index (χ2n) is 6.73. The number of benzene rings is 1. The van der Waals surface area contributed by atoms with Gasteiger partial charge >= 0.3 is 0 Å². The van der Waals surface area contributed by atoms with E-state index >= 15 is 0 Å². The number of hydrogen-bond donors (Lipinski definition) is 0. The summed E-state index contributed by atoms with van der Waals surface area (Å²) in [6.07, 6.45) is 1.76. The molecule has 0 fully saturated rings. The molecule has 1 aromatic carbocycles. The molecule has 5 rings (SSSR count). The molecule has 4 heterocycles. The van der Waals surface area contributed by atoms with Crippen molar-refractivity contribution in [2.24, 2.45) is 0 Å². The molecule has 0 saturated heterocycles. The molecule has 4 nitrogen and oxygen atoms in total. The van der Waals surface area contributed by atoms with Crippen molar-refractivity contribution in [2.75, 3.05) is 0 Å². The summed E-state index contributed by atoms with van der Waals surface area (Å²) in [7, 11) is 0. The number of aryl methyl sites for hydroxylation is 2. The molecular weight excluding hydrogens is 371 g/mol. The van der Waals surface area contributed by atoms with Crippen LogP contribution in [0.1, 0.15) is 11.4 Å². The molecule has 0 saturated carbocycles. The van der Waals surface area contributed by atoms with E-state index in [0.29, 0.717) is 0 Å². The lowest BCUT2D eigenvalue weighted by atomic mass is 10.1. The summed E-state index contributed by atoms with van der Waals surface area (Å²) < 4.78 is 17.4. The highest BCUT2D eigenvalue weighted by atomic mass is 32.1. The van der Waals surface area contributed by atoms with E-state index in [1.165, 1.54) is 23.5 Å². The SMILES string of the molecule is Cc1ccc(C)n1-c1sccc1-c1cc2nccc(-c3ccc(F)cc3)n2n1. The van der Waals surface area contributed by atoms with Gasteiger partial charge in [0.15, 0.2) is 5.65 Å². The molecule has 6 heteroatoms. The minimum absolute atomic E-state index is 0.254. The molecule has 0 unspecified atom stereocenters. The summed E-state index contributed by atoms with van der Waals surface area (Å²) in [4.78, 5) is 4.47. The number of thiophene rings is 1. The average molecular weight is 388 g/mol.